The van der Waals surface area contributed by atoms with Crippen molar-refractivity contribution in [1.29, 1.82) is 0 Å². The Bertz CT molecular complexity index is 727. The van der Waals surface area contributed by atoms with Gasteiger partial charge in [-0.1, -0.05) is 12.1 Å². The van der Waals surface area contributed by atoms with Crippen LogP contribution in [-0.4, -0.2) is 55.6 Å². The van der Waals surface area contributed by atoms with Crippen molar-refractivity contribution in [2.24, 2.45) is 0 Å². The Morgan fingerprint density at radius 3 is 2.24 bits per heavy atom. The molecule has 25 heavy (non-hydrogen) atoms. The third-order valence-corrected chi connectivity index (χ3v) is 5.38. The Kier molecular flexibility index (Phi) is 7.72. The van der Waals surface area contributed by atoms with Crippen LogP contribution in [0.2, 0.25) is 0 Å². The Labute approximate surface area is 146 Å². The van der Waals surface area contributed by atoms with Gasteiger partial charge in [-0.2, -0.15) is 0 Å². The van der Waals surface area contributed by atoms with E-state index < -0.39 is 16.0 Å². The topological polar surface area (TPSA) is 121 Å². The fourth-order valence-electron chi connectivity index (χ4n) is 2.02. The molecule has 8 nitrogen and oxygen atoms in total. The second-order valence-electron chi connectivity index (χ2n) is 5.50. The first-order valence-electron chi connectivity index (χ1n) is 7.70. The molecular formula is C16H22N2O6S. The second-order valence-corrected chi connectivity index (χ2v) is 7.55. The van der Waals surface area contributed by atoms with E-state index in [0.717, 1.165) is 4.31 Å². The minimum absolute atomic E-state index is 0.0464. The van der Waals surface area contributed by atoms with E-state index in [1.165, 1.54) is 38.2 Å². The molecule has 1 aromatic rings. The molecule has 0 atom stereocenters. The van der Waals surface area contributed by atoms with Gasteiger partial charge in [-0.3, -0.25) is 14.4 Å². The van der Waals surface area contributed by atoms with E-state index in [4.69, 9.17) is 5.11 Å². The SMILES string of the molecule is CC(=O)c1ccc(S(=O)(=O)N(C)CCCC(=O)NCCC(=O)O)cc1. The zero-order chi connectivity index (χ0) is 19.0. The lowest BCUT2D eigenvalue weighted by atomic mass is 10.2. The highest BCUT2D eigenvalue weighted by Gasteiger charge is 2.20. The summed E-state index contributed by atoms with van der Waals surface area (Å²) in [5.74, 6) is -1.47. The van der Waals surface area contributed by atoms with Crippen molar-refractivity contribution in [2.45, 2.75) is 31.1 Å². The number of sulfonamides is 1. The number of ketones is 1. The predicted molar refractivity (Wildman–Crippen MR) is 90.8 cm³/mol. The van der Waals surface area contributed by atoms with Crippen LogP contribution in [0.1, 0.15) is 36.5 Å². The molecule has 0 unspecified atom stereocenters. The molecule has 1 amide bonds. The van der Waals surface area contributed by atoms with E-state index in [9.17, 15) is 22.8 Å². The van der Waals surface area contributed by atoms with Crippen LogP contribution >= 0.6 is 0 Å². The van der Waals surface area contributed by atoms with Gasteiger partial charge < -0.3 is 10.4 Å². The number of aliphatic carboxylic acids is 1. The smallest absolute Gasteiger partial charge is 0.305 e. The number of nitrogens with zero attached hydrogens (tertiary/aromatic N) is 1. The van der Waals surface area contributed by atoms with Crippen molar-refractivity contribution >= 4 is 27.7 Å². The summed E-state index contributed by atoms with van der Waals surface area (Å²) in [5, 5.41) is 10.9. The fourth-order valence-corrected chi connectivity index (χ4v) is 3.23. The first-order chi connectivity index (χ1) is 11.6. The number of carboxylic acids is 1. The van der Waals surface area contributed by atoms with Crippen molar-refractivity contribution in [3.8, 4) is 0 Å². The minimum Gasteiger partial charge on any atom is -0.481 e. The predicted octanol–water partition coefficient (Wildman–Crippen LogP) is 0.881. The van der Waals surface area contributed by atoms with E-state index in [2.05, 4.69) is 5.32 Å². The number of amides is 1. The van der Waals surface area contributed by atoms with Gasteiger partial charge in [0.15, 0.2) is 5.78 Å². The van der Waals surface area contributed by atoms with E-state index >= 15 is 0 Å². The Morgan fingerprint density at radius 2 is 1.72 bits per heavy atom. The van der Waals surface area contributed by atoms with Gasteiger partial charge in [-0.15, -0.1) is 0 Å². The summed E-state index contributed by atoms with van der Waals surface area (Å²) in [7, 11) is -2.28. The van der Waals surface area contributed by atoms with Crippen LogP contribution in [0.25, 0.3) is 0 Å². The molecule has 0 aromatic heterocycles. The number of benzene rings is 1. The number of carboxylic acid groups (broad SMARTS) is 1. The molecule has 0 saturated heterocycles. The molecule has 0 aliphatic rings. The van der Waals surface area contributed by atoms with Gasteiger partial charge in [0.1, 0.15) is 0 Å². The Morgan fingerprint density at radius 1 is 1.12 bits per heavy atom. The molecule has 138 valence electrons. The third kappa shape index (κ3) is 6.63. The van der Waals surface area contributed by atoms with E-state index in [0.29, 0.717) is 12.0 Å². The Hall–Kier alpha value is -2.26. The highest BCUT2D eigenvalue weighted by molar-refractivity contribution is 7.89. The number of rotatable bonds is 10. The lowest BCUT2D eigenvalue weighted by Gasteiger charge is -2.17. The summed E-state index contributed by atoms with van der Waals surface area (Å²) in [4.78, 5) is 33.2. The second kappa shape index (κ2) is 9.28. The molecular weight excluding hydrogens is 348 g/mol. The lowest BCUT2D eigenvalue weighted by Crippen LogP contribution is -2.30. The molecule has 0 fully saturated rings. The van der Waals surface area contributed by atoms with Crippen LogP contribution in [0.3, 0.4) is 0 Å². The van der Waals surface area contributed by atoms with Gasteiger partial charge in [0.2, 0.25) is 15.9 Å². The molecule has 1 rings (SSSR count). The molecule has 0 bridgehead atoms. The number of Topliss-reactive ketones (excluding diaryl/α,β-unsaturated/α-hetero) is 1. The summed E-state index contributed by atoms with van der Waals surface area (Å²) >= 11 is 0. The van der Waals surface area contributed by atoms with Gasteiger partial charge in [-0.25, -0.2) is 12.7 Å². The average molecular weight is 370 g/mol. The van der Waals surface area contributed by atoms with Gasteiger partial charge >= 0.3 is 5.97 Å². The molecule has 1 aromatic carbocycles. The molecule has 0 heterocycles. The van der Waals surface area contributed by atoms with E-state index in [1.807, 2.05) is 0 Å². The highest BCUT2D eigenvalue weighted by Crippen LogP contribution is 2.16. The van der Waals surface area contributed by atoms with Gasteiger partial charge in [0.05, 0.1) is 11.3 Å². The molecule has 0 aliphatic heterocycles. The maximum absolute atomic E-state index is 12.4. The van der Waals surface area contributed by atoms with Crippen LogP contribution in [0.15, 0.2) is 29.2 Å². The Balaban J connectivity index is 2.52. The van der Waals surface area contributed by atoms with Crippen molar-refractivity contribution in [3.63, 3.8) is 0 Å². The maximum atomic E-state index is 12.4. The van der Waals surface area contributed by atoms with Crippen LogP contribution in [0.4, 0.5) is 0 Å². The number of hydrogen-bond donors (Lipinski definition) is 2. The average Bonchev–Trinajstić information content (AvgIpc) is 2.54. The largest absolute Gasteiger partial charge is 0.481 e. The molecule has 0 spiro atoms. The summed E-state index contributed by atoms with van der Waals surface area (Å²) in [6, 6.07) is 5.67. The number of hydrogen-bond acceptors (Lipinski definition) is 5. The minimum atomic E-state index is -3.69. The highest BCUT2D eigenvalue weighted by atomic mass is 32.2. The van der Waals surface area contributed by atoms with Crippen molar-refractivity contribution in [3.05, 3.63) is 29.8 Å². The van der Waals surface area contributed by atoms with Crippen LogP contribution in [0, 0.1) is 0 Å². The number of nitrogens with one attached hydrogen (secondary N) is 1. The zero-order valence-electron chi connectivity index (χ0n) is 14.2. The molecule has 0 saturated carbocycles. The van der Waals surface area contributed by atoms with Crippen molar-refractivity contribution < 1.29 is 27.9 Å². The molecule has 0 radical (unpaired) electrons. The van der Waals surface area contributed by atoms with Crippen LogP contribution in [0.5, 0.6) is 0 Å². The number of carbonyl (C=O) groups is 3. The van der Waals surface area contributed by atoms with Gasteiger partial charge in [-0.05, 0) is 25.5 Å². The van der Waals surface area contributed by atoms with Crippen molar-refractivity contribution in [2.75, 3.05) is 20.1 Å². The number of carbonyl (C=O) groups excluding carboxylic acids is 2. The summed E-state index contributed by atoms with van der Waals surface area (Å²) in [6.07, 6.45) is 0.249. The van der Waals surface area contributed by atoms with Crippen LogP contribution in [-0.2, 0) is 19.6 Å². The van der Waals surface area contributed by atoms with Gasteiger partial charge in [0, 0.05) is 32.1 Å². The molecule has 0 aliphatic carbocycles. The zero-order valence-corrected chi connectivity index (χ0v) is 15.0. The lowest BCUT2D eigenvalue weighted by molar-refractivity contribution is -0.136. The van der Waals surface area contributed by atoms with Gasteiger partial charge in [0.25, 0.3) is 0 Å². The third-order valence-electron chi connectivity index (χ3n) is 3.51. The fraction of sp³-hybridized carbons (Fsp3) is 0.438. The normalized spacial score (nSPS) is 11.3. The summed E-state index contributed by atoms with van der Waals surface area (Å²) in [6.45, 7) is 1.59. The summed E-state index contributed by atoms with van der Waals surface area (Å²) < 4.78 is 26.0. The van der Waals surface area contributed by atoms with E-state index in [-0.39, 0.29) is 42.5 Å². The standard InChI is InChI=1S/C16H22N2O6S/c1-12(19)13-5-7-14(8-6-13)25(23,24)18(2)11-3-4-15(20)17-10-9-16(21)22/h5-8H,3-4,9-11H2,1-2H3,(H,17,20)(H,21,22). The van der Waals surface area contributed by atoms with Crippen molar-refractivity contribution in [1.82, 2.24) is 9.62 Å². The van der Waals surface area contributed by atoms with E-state index in [1.54, 1.807) is 0 Å². The molecule has 2 N–H and O–H groups in total. The first-order valence-corrected chi connectivity index (χ1v) is 9.14. The maximum Gasteiger partial charge on any atom is 0.305 e. The summed E-state index contributed by atoms with van der Waals surface area (Å²) in [5.41, 5.74) is 0.430. The quantitative estimate of drug-likeness (QED) is 0.590. The molecule has 9 heteroatoms. The monoisotopic (exact) mass is 370 g/mol. The first kappa shape index (κ1) is 20.8. The van der Waals surface area contributed by atoms with Crippen LogP contribution < -0.4 is 5.32 Å².